The number of aryl methyl sites for hydroxylation is 1. The third-order valence-electron chi connectivity index (χ3n) is 4.94. The Morgan fingerprint density at radius 3 is 2.84 bits per heavy atom. The lowest BCUT2D eigenvalue weighted by Crippen LogP contribution is -2.55. The Labute approximate surface area is 146 Å². The Morgan fingerprint density at radius 1 is 1.32 bits per heavy atom. The molecule has 2 saturated heterocycles. The monoisotopic (exact) mass is 354 g/mol. The van der Waals surface area contributed by atoms with E-state index in [2.05, 4.69) is 9.97 Å². The van der Waals surface area contributed by atoms with E-state index in [0.717, 1.165) is 5.69 Å². The minimum atomic E-state index is -2.89. The van der Waals surface area contributed by atoms with Crippen LogP contribution in [0.1, 0.15) is 24.2 Å². The van der Waals surface area contributed by atoms with Crippen molar-refractivity contribution in [2.24, 2.45) is 5.41 Å². The quantitative estimate of drug-likeness (QED) is 0.802. The summed E-state index contributed by atoms with van der Waals surface area (Å²) in [6.45, 7) is 3.45. The average molecular weight is 354 g/mol. The lowest BCUT2D eigenvalue weighted by molar-refractivity contribution is -0.155. The third-order valence-corrected chi connectivity index (χ3v) is 4.94. The maximum Gasteiger partial charge on any atom is 0.261 e. The summed E-state index contributed by atoms with van der Waals surface area (Å²) in [5, 5.41) is 0. The second-order valence-electron chi connectivity index (χ2n) is 7.15. The zero-order valence-corrected chi connectivity index (χ0v) is 14.7. The number of nitrogens with zero attached hydrogens (tertiary/aromatic N) is 4. The molecule has 0 aromatic carbocycles. The van der Waals surface area contributed by atoms with Gasteiger partial charge in [0.15, 0.2) is 0 Å². The second-order valence-corrected chi connectivity index (χ2v) is 7.15. The molecule has 1 spiro atoms. The van der Waals surface area contributed by atoms with Crippen molar-refractivity contribution in [3.05, 3.63) is 23.8 Å². The first kappa shape index (κ1) is 18.1. The molecule has 0 unspecified atom stereocenters. The highest BCUT2D eigenvalue weighted by Gasteiger charge is 2.56. The van der Waals surface area contributed by atoms with E-state index < -0.39 is 11.3 Å². The smallest absolute Gasteiger partial charge is 0.261 e. The number of carbonyl (C=O) groups is 1. The second kappa shape index (κ2) is 6.92. The number of piperidine rings is 1. The molecule has 25 heavy (non-hydrogen) atoms. The van der Waals surface area contributed by atoms with Crippen LogP contribution in [0.15, 0.2) is 12.4 Å². The van der Waals surface area contributed by atoms with Crippen molar-refractivity contribution in [2.45, 2.75) is 32.2 Å². The molecule has 0 bridgehead atoms. The standard InChI is InChI=1S/C17H24F2N4O2/c1-13-7-20-8-14(21-13)9-22-11-16(10-17(18,19)12-22)3-4-23(15(16)24)5-6-25-2/h7-8H,3-6,9-12H2,1-2H3/t16-/m1/s1. The highest BCUT2D eigenvalue weighted by molar-refractivity contribution is 5.85. The highest BCUT2D eigenvalue weighted by atomic mass is 19.3. The Hall–Kier alpha value is -1.67. The normalized spacial score (nSPS) is 26.6. The van der Waals surface area contributed by atoms with Crippen LogP contribution in [0.4, 0.5) is 8.78 Å². The van der Waals surface area contributed by atoms with Crippen LogP contribution in [0, 0.1) is 12.3 Å². The molecule has 0 saturated carbocycles. The zero-order chi connectivity index (χ0) is 18.1. The zero-order valence-electron chi connectivity index (χ0n) is 14.7. The van der Waals surface area contributed by atoms with Gasteiger partial charge in [0.2, 0.25) is 5.91 Å². The average Bonchev–Trinajstić information content (AvgIpc) is 2.79. The summed E-state index contributed by atoms with van der Waals surface area (Å²) >= 11 is 0. The van der Waals surface area contributed by atoms with E-state index >= 15 is 0 Å². The van der Waals surface area contributed by atoms with Crippen molar-refractivity contribution in [3.63, 3.8) is 0 Å². The summed E-state index contributed by atoms with van der Waals surface area (Å²) in [4.78, 5) is 24.5. The molecular weight excluding hydrogens is 330 g/mol. The fourth-order valence-electron chi connectivity index (χ4n) is 3.97. The van der Waals surface area contributed by atoms with Crippen LogP contribution >= 0.6 is 0 Å². The molecule has 0 radical (unpaired) electrons. The van der Waals surface area contributed by atoms with Crippen molar-refractivity contribution in [1.29, 1.82) is 0 Å². The van der Waals surface area contributed by atoms with Crippen LogP contribution in [0.2, 0.25) is 0 Å². The van der Waals surface area contributed by atoms with E-state index in [9.17, 15) is 13.6 Å². The van der Waals surface area contributed by atoms with E-state index in [1.54, 1.807) is 29.3 Å². The van der Waals surface area contributed by atoms with E-state index in [0.29, 0.717) is 38.4 Å². The van der Waals surface area contributed by atoms with Crippen molar-refractivity contribution in [1.82, 2.24) is 19.8 Å². The molecule has 3 rings (SSSR count). The van der Waals surface area contributed by atoms with Crippen LogP contribution < -0.4 is 0 Å². The van der Waals surface area contributed by atoms with Crippen LogP contribution in [0.5, 0.6) is 0 Å². The molecule has 2 aliphatic rings. The van der Waals surface area contributed by atoms with Crippen LogP contribution in [0.25, 0.3) is 0 Å². The van der Waals surface area contributed by atoms with Gasteiger partial charge in [0.05, 0.1) is 30.0 Å². The minimum absolute atomic E-state index is 0.177. The van der Waals surface area contributed by atoms with Gasteiger partial charge in [-0.25, -0.2) is 8.78 Å². The van der Waals surface area contributed by atoms with Gasteiger partial charge in [0, 0.05) is 52.1 Å². The van der Waals surface area contributed by atoms with Gasteiger partial charge in [0.25, 0.3) is 5.92 Å². The van der Waals surface area contributed by atoms with Gasteiger partial charge >= 0.3 is 0 Å². The Morgan fingerprint density at radius 2 is 2.12 bits per heavy atom. The van der Waals surface area contributed by atoms with Crippen molar-refractivity contribution >= 4 is 5.91 Å². The first-order valence-corrected chi connectivity index (χ1v) is 8.50. The molecule has 1 aromatic heterocycles. The molecule has 2 aliphatic heterocycles. The number of ether oxygens (including phenoxy) is 1. The predicted molar refractivity (Wildman–Crippen MR) is 87.1 cm³/mol. The van der Waals surface area contributed by atoms with Crippen LogP contribution in [-0.2, 0) is 16.1 Å². The van der Waals surface area contributed by atoms with Crippen molar-refractivity contribution in [3.8, 4) is 0 Å². The fraction of sp³-hybridized carbons (Fsp3) is 0.706. The van der Waals surface area contributed by atoms with E-state index in [1.807, 2.05) is 6.92 Å². The summed E-state index contributed by atoms with van der Waals surface area (Å²) in [5.41, 5.74) is 0.389. The predicted octanol–water partition coefficient (Wildman–Crippen LogP) is 1.49. The molecule has 0 aliphatic carbocycles. The highest BCUT2D eigenvalue weighted by Crippen LogP contribution is 2.45. The van der Waals surface area contributed by atoms with Gasteiger partial charge in [-0.1, -0.05) is 0 Å². The number of methoxy groups -OCH3 is 1. The van der Waals surface area contributed by atoms with Gasteiger partial charge in [-0.2, -0.15) is 0 Å². The number of likely N-dealkylation sites (tertiary alicyclic amines) is 2. The molecule has 138 valence electrons. The number of rotatable bonds is 5. The number of aromatic nitrogens is 2. The van der Waals surface area contributed by atoms with Crippen molar-refractivity contribution < 1.29 is 18.3 Å². The summed E-state index contributed by atoms with van der Waals surface area (Å²) in [6.07, 6.45) is 3.30. The summed E-state index contributed by atoms with van der Waals surface area (Å²) in [5.74, 6) is -3.06. The first-order chi connectivity index (χ1) is 11.8. The van der Waals surface area contributed by atoms with E-state index in [4.69, 9.17) is 4.74 Å². The fourth-order valence-corrected chi connectivity index (χ4v) is 3.97. The molecule has 3 heterocycles. The molecular formula is C17H24F2N4O2. The number of carbonyl (C=O) groups excluding carboxylic acids is 1. The lowest BCUT2D eigenvalue weighted by Gasteiger charge is -2.42. The molecule has 1 amide bonds. The number of hydrogen-bond acceptors (Lipinski definition) is 5. The van der Waals surface area contributed by atoms with Gasteiger partial charge in [-0.05, 0) is 13.3 Å². The van der Waals surface area contributed by atoms with Gasteiger partial charge < -0.3 is 9.64 Å². The first-order valence-electron chi connectivity index (χ1n) is 8.50. The largest absolute Gasteiger partial charge is 0.383 e. The van der Waals surface area contributed by atoms with Gasteiger partial charge in [-0.3, -0.25) is 19.7 Å². The Balaban J connectivity index is 1.76. The molecule has 6 nitrogen and oxygen atoms in total. The number of halogens is 2. The molecule has 2 fully saturated rings. The number of hydrogen-bond donors (Lipinski definition) is 0. The summed E-state index contributed by atoms with van der Waals surface area (Å²) < 4.78 is 33.8. The Bertz CT molecular complexity index is 643. The third kappa shape index (κ3) is 3.95. The van der Waals surface area contributed by atoms with Crippen molar-refractivity contribution in [2.75, 3.05) is 39.9 Å². The molecule has 0 N–H and O–H groups in total. The lowest BCUT2D eigenvalue weighted by atomic mass is 9.77. The number of amides is 1. The van der Waals surface area contributed by atoms with Gasteiger partial charge in [0.1, 0.15) is 0 Å². The minimum Gasteiger partial charge on any atom is -0.383 e. The summed E-state index contributed by atoms with van der Waals surface area (Å²) in [7, 11) is 1.57. The maximum atomic E-state index is 14.4. The molecule has 1 aromatic rings. The molecule has 1 atom stereocenters. The summed E-state index contributed by atoms with van der Waals surface area (Å²) in [6, 6.07) is 0. The maximum absolute atomic E-state index is 14.4. The van der Waals surface area contributed by atoms with Gasteiger partial charge in [-0.15, -0.1) is 0 Å². The SMILES string of the molecule is COCCN1CC[C@@]2(CN(Cc3cncc(C)n3)CC(F)(F)C2)C1=O. The number of alkyl halides is 2. The van der Waals surface area contributed by atoms with E-state index in [1.165, 1.54) is 0 Å². The Kier molecular flexibility index (Phi) is 5.02. The molecule has 8 heteroatoms. The van der Waals surface area contributed by atoms with E-state index in [-0.39, 0.29) is 25.4 Å². The topological polar surface area (TPSA) is 58.6 Å². The van der Waals surface area contributed by atoms with Crippen LogP contribution in [-0.4, -0.2) is 71.5 Å². The van der Waals surface area contributed by atoms with Crippen LogP contribution in [0.3, 0.4) is 0 Å².